The van der Waals surface area contributed by atoms with Gasteiger partial charge >= 0.3 is 6.03 Å². The Labute approximate surface area is 184 Å². The molecule has 0 spiro atoms. The van der Waals surface area contributed by atoms with Crippen molar-refractivity contribution in [2.45, 2.75) is 19.0 Å². The molecular weight excluding hydrogens is 384 g/mol. The van der Waals surface area contributed by atoms with Crippen LogP contribution in [0, 0.1) is 0 Å². The monoisotopic (exact) mass is 415 g/mol. The van der Waals surface area contributed by atoms with Crippen LogP contribution in [-0.4, -0.2) is 33.2 Å². The lowest BCUT2D eigenvalue weighted by Crippen LogP contribution is -3.12. The first-order valence-corrected chi connectivity index (χ1v) is 10.9. The van der Waals surface area contributed by atoms with Crippen LogP contribution in [0.1, 0.15) is 22.7 Å². The van der Waals surface area contributed by atoms with E-state index in [9.17, 15) is 4.79 Å². The number of amides is 2. The molecule has 5 nitrogen and oxygen atoms in total. The summed E-state index contributed by atoms with van der Waals surface area (Å²) in [5, 5.41) is 6.03. The first-order valence-electron chi connectivity index (χ1n) is 10.9. The smallest absolute Gasteiger partial charge is 0.319 e. The Kier molecular flexibility index (Phi) is 6.53. The van der Waals surface area contributed by atoms with Gasteiger partial charge in [0.15, 0.2) is 0 Å². The summed E-state index contributed by atoms with van der Waals surface area (Å²) in [7, 11) is 4.10. The number of urea groups is 1. The van der Waals surface area contributed by atoms with Gasteiger partial charge in [-0.15, -0.1) is 0 Å². The second-order valence-electron chi connectivity index (χ2n) is 8.34. The van der Waals surface area contributed by atoms with Crippen LogP contribution in [-0.2, 0) is 13.0 Å². The molecule has 3 aromatic rings. The van der Waals surface area contributed by atoms with E-state index in [1.807, 2.05) is 30.3 Å². The summed E-state index contributed by atoms with van der Waals surface area (Å²) in [6.07, 6.45) is 1.06. The van der Waals surface area contributed by atoms with Crippen molar-refractivity contribution in [3.05, 3.63) is 95.6 Å². The number of hydrogen-bond donors (Lipinski definition) is 3. The van der Waals surface area contributed by atoms with Crippen molar-refractivity contribution in [3.63, 3.8) is 0 Å². The number of nitrogens with one attached hydrogen (secondary N) is 3. The summed E-state index contributed by atoms with van der Waals surface area (Å²) in [4.78, 5) is 16.1. The van der Waals surface area contributed by atoms with E-state index in [0.29, 0.717) is 6.54 Å². The first-order chi connectivity index (χ1) is 15.1. The zero-order valence-electron chi connectivity index (χ0n) is 18.3. The van der Waals surface area contributed by atoms with Gasteiger partial charge in [0.05, 0.1) is 13.1 Å². The molecule has 160 valence electrons. The second-order valence-corrected chi connectivity index (χ2v) is 8.34. The van der Waals surface area contributed by atoms with Crippen molar-refractivity contribution in [2.24, 2.45) is 0 Å². The second kappa shape index (κ2) is 9.67. The standard InChI is InChI=1S/C26H30N4O/c1-29(2)24-14-12-21(13-15-24)25(18-27-26(31)28-23-10-4-3-5-11-23)30-17-16-20-8-6-7-9-22(20)19-30/h3-15,25H,16-19H2,1-2H3,(H2,27,28,31)/p+1/t25-/m0/s1. The van der Waals surface area contributed by atoms with Crippen molar-refractivity contribution in [1.82, 2.24) is 5.32 Å². The molecule has 1 aliphatic rings. The third-order valence-corrected chi connectivity index (χ3v) is 6.05. The molecule has 1 aliphatic heterocycles. The van der Waals surface area contributed by atoms with E-state index in [2.05, 4.69) is 78.2 Å². The van der Waals surface area contributed by atoms with Crippen LogP contribution in [0.25, 0.3) is 0 Å². The molecule has 1 unspecified atom stereocenters. The van der Waals surface area contributed by atoms with Gasteiger partial charge in [-0.25, -0.2) is 4.79 Å². The molecule has 0 saturated heterocycles. The van der Waals surface area contributed by atoms with Crippen LogP contribution in [0.2, 0.25) is 0 Å². The van der Waals surface area contributed by atoms with Gasteiger partial charge in [-0.3, -0.25) is 0 Å². The van der Waals surface area contributed by atoms with Crippen molar-refractivity contribution in [2.75, 3.05) is 37.4 Å². The van der Waals surface area contributed by atoms with E-state index in [4.69, 9.17) is 0 Å². The molecule has 1 heterocycles. The van der Waals surface area contributed by atoms with Crippen LogP contribution in [0.4, 0.5) is 16.2 Å². The lowest BCUT2D eigenvalue weighted by molar-refractivity contribution is -0.945. The fraction of sp³-hybridized carbons (Fsp3) is 0.269. The van der Waals surface area contributed by atoms with Gasteiger partial charge in [-0.05, 0) is 29.8 Å². The Hall–Kier alpha value is -3.31. The fourth-order valence-electron chi connectivity index (χ4n) is 4.29. The number of anilines is 2. The van der Waals surface area contributed by atoms with Gasteiger partial charge < -0.3 is 20.4 Å². The van der Waals surface area contributed by atoms with E-state index in [-0.39, 0.29) is 12.1 Å². The molecular formula is C26H31N4O+. The van der Waals surface area contributed by atoms with Crippen LogP contribution in [0.3, 0.4) is 0 Å². The van der Waals surface area contributed by atoms with Gasteiger partial charge in [0, 0.05) is 43.0 Å². The van der Waals surface area contributed by atoms with E-state index >= 15 is 0 Å². The predicted octanol–water partition coefficient (Wildman–Crippen LogP) is 3.26. The third kappa shape index (κ3) is 5.25. The molecule has 0 radical (unpaired) electrons. The van der Waals surface area contributed by atoms with E-state index in [1.54, 1.807) is 0 Å². The van der Waals surface area contributed by atoms with Crippen LogP contribution >= 0.6 is 0 Å². The number of carbonyl (C=O) groups excluding carboxylic acids is 1. The highest BCUT2D eigenvalue weighted by Crippen LogP contribution is 2.18. The van der Waals surface area contributed by atoms with Crippen molar-refractivity contribution in [1.29, 1.82) is 0 Å². The SMILES string of the molecule is CN(C)c1ccc([C@H](CNC(=O)Nc2ccccc2)[NH+]2CCc3ccccc3C2)cc1. The fourth-order valence-corrected chi connectivity index (χ4v) is 4.29. The summed E-state index contributed by atoms with van der Waals surface area (Å²) in [5.41, 5.74) is 6.08. The lowest BCUT2D eigenvalue weighted by atomic mass is 9.96. The summed E-state index contributed by atoms with van der Waals surface area (Å²) >= 11 is 0. The quantitative estimate of drug-likeness (QED) is 0.579. The molecule has 0 aliphatic carbocycles. The summed E-state index contributed by atoms with van der Waals surface area (Å²) in [5.74, 6) is 0. The van der Waals surface area contributed by atoms with E-state index in [0.717, 1.165) is 25.2 Å². The van der Waals surface area contributed by atoms with Gasteiger partial charge in [0.25, 0.3) is 0 Å². The maximum absolute atomic E-state index is 12.5. The molecule has 2 amide bonds. The van der Waals surface area contributed by atoms with E-state index < -0.39 is 0 Å². The number of hydrogen-bond acceptors (Lipinski definition) is 2. The van der Waals surface area contributed by atoms with Crippen molar-refractivity contribution >= 4 is 17.4 Å². The number of para-hydroxylation sites is 1. The summed E-state index contributed by atoms with van der Waals surface area (Å²) < 4.78 is 0. The maximum Gasteiger partial charge on any atom is 0.319 e. The normalized spacial score (nSPS) is 16.1. The Bertz CT molecular complexity index is 1000. The number of fused-ring (bicyclic) bond motifs is 1. The molecule has 3 aromatic carbocycles. The van der Waals surface area contributed by atoms with Crippen molar-refractivity contribution < 1.29 is 9.69 Å². The minimum Gasteiger partial charge on any atom is -0.378 e. The molecule has 5 heteroatoms. The lowest BCUT2D eigenvalue weighted by Gasteiger charge is -2.33. The highest BCUT2D eigenvalue weighted by Gasteiger charge is 2.29. The number of benzene rings is 3. The number of nitrogens with zero attached hydrogens (tertiary/aromatic N) is 1. The van der Waals surface area contributed by atoms with Gasteiger partial charge in [0.2, 0.25) is 0 Å². The van der Waals surface area contributed by atoms with Gasteiger partial charge in [-0.1, -0.05) is 54.6 Å². The maximum atomic E-state index is 12.5. The van der Waals surface area contributed by atoms with Gasteiger partial charge in [0.1, 0.15) is 12.6 Å². The van der Waals surface area contributed by atoms with Gasteiger partial charge in [-0.2, -0.15) is 0 Å². The molecule has 0 aromatic heterocycles. The summed E-state index contributed by atoms with van der Waals surface area (Å²) in [6, 6.07) is 27.0. The predicted molar refractivity (Wildman–Crippen MR) is 127 cm³/mol. The van der Waals surface area contributed by atoms with Crippen LogP contribution in [0.15, 0.2) is 78.9 Å². The molecule has 31 heavy (non-hydrogen) atoms. The highest BCUT2D eigenvalue weighted by molar-refractivity contribution is 5.89. The molecule has 0 bridgehead atoms. The molecule has 2 atom stereocenters. The number of quaternary nitrogens is 1. The zero-order valence-corrected chi connectivity index (χ0v) is 18.3. The Balaban J connectivity index is 1.50. The Morgan fingerprint density at radius 3 is 2.32 bits per heavy atom. The first kappa shape index (κ1) is 20.9. The number of rotatable bonds is 6. The largest absolute Gasteiger partial charge is 0.378 e. The average molecular weight is 416 g/mol. The zero-order chi connectivity index (χ0) is 21.6. The summed E-state index contributed by atoms with van der Waals surface area (Å²) in [6.45, 7) is 2.61. The van der Waals surface area contributed by atoms with Crippen LogP contribution in [0.5, 0.6) is 0 Å². The Morgan fingerprint density at radius 2 is 1.61 bits per heavy atom. The highest BCUT2D eigenvalue weighted by atomic mass is 16.2. The minimum atomic E-state index is -0.169. The number of carbonyl (C=O) groups is 1. The Morgan fingerprint density at radius 1 is 0.935 bits per heavy atom. The van der Waals surface area contributed by atoms with Crippen molar-refractivity contribution in [3.8, 4) is 0 Å². The van der Waals surface area contributed by atoms with E-state index in [1.165, 1.54) is 27.3 Å². The minimum absolute atomic E-state index is 0.169. The average Bonchev–Trinajstić information content (AvgIpc) is 2.80. The van der Waals surface area contributed by atoms with Crippen LogP contribution < -0.4 is 20.4 Å². The molecule has 0 saturated carbocycles. The molecule has 0 fully saturated rings. The third-order valence-electron chi connectivity index (χ3n) is 6.05. The molecule has 4 rings (SSSR count). The molecule has 3 N–H and O–H groups in total. The topological polar surface area (TPSA) is 48.8 Å².